The SMILES string of the molecule is CCCNCC1CCCN1c1ncnc2ccsc12. The van der Waals surface area contributed by atoms with Gasteiger partial charge in [-0.05, 0) is 37.3 Å². The lowest BCUT2D eigenvalue weighted by atomic mass is 10.2. The summed E-state index contributed by atoms with van der Waals surface area (Å²) >= 11 is 1.74. The molecule has 1 aliphatic heterocycles. The van der Waals surface area contributed by atoms with E-state index in [-0.39, 0.29) is 0 Å². The van der Waals surface area contributed by atoms with Crippen molar-refractivity contribution in [2.24, 2.45) is 0 Å². The number of nitrogens with zero attached hydrogens (tertiary/aromatic N) is 3. The van der Waals surface area contributed by atoms with Gasteiger partial charge in [-0.25, -0.2) is 9.97 Å². The highest BCUT2D eigenvalue weighted by molar-refractivity contribution is 7.17. The maximum absolute atomic E-state index is 4.54. The van der Waals surface area contributed by atoms with Crippen LogP contribution in [0.5, 0.6) is 0 Å². The van der Waals surface area contributed by atoms with E-state index < -0.39 is 0 Å². The molecule has 0 aliphatic carbocycles. The van der Waals surface area contributed by atoms with E-state index in [0.29, 0.717) is 6.04 Å². The first-order valence-corrected chi connectivity index (χ1v) is 7.93. The molecule has 1 unspecified atom stereocenters. The van der Waals surface area contributed by atoms with Crippen molar-refractivity contribution < 1.29 is 0 Å². The third-order valence-electron chi connectivity index (χ3n) is 3.68. The Hall–Kier alpha value is -1.20. The summed E-state index contributed by atoms with van der Waals surface area (Å²) in [4.78, 5) is 11.3. The van der Waals surface area contributed by atoms with Crippen LogP contribution in [0.2, 0.25) is 0 Å². The summed E-state index contributed by atoms with van der Waals surface area (Å²) in [5, 5.41) is 5.64. The molecule has 0 amide bonds. The zero-order chi connectivity index (χ0) is 13.1. The van der Waals surface area contributed by atoms with Crippen molar-refractivity contribution in [3.8, 4) is 0 Å². The summed E-state index contributed by atoms with van der Waals surface area (Å²) in [5.74, 6) is 1.13. The number of nitrogens with one attached hydrogen (secondary N) is 1. The van der Waals surface area contributed by atoms with E-state index in [2.05, 4.69) is 38.6 Å². The minimum atomic E-state index is 0.576. The molecule has 2 aromatic heterocycles. The molecule has 0 bridgehead atoms. The molecule has 102 valence electrons. The Bertz CT molecular complexity index is 539. The summed E-state index contributed by atoms with van der Waals surface area (Å²) in [5.41, 5.74) is 1.07. The average molecular weight is 276 g/mol. The maximum atomic E-state index is 4.54. The molecule has 0 saturated carbocycles. The summed E-state index contributed by atoms with van der Waals surface area (Å²) in [6.45, 7) is 5.48. The molecule has 5 heteroatoms. The minimum absolute atomic E-state index is 0.576. The number of hydrogen-bond acceptors (Lipinski definition) is 5. The number of hydrogen-bond donors (Lipinski definition) is 1. The molecule has 0 radical (unpaired) electrons. The number of thiophene rings is 1. The van der Waals surface area contributed by atoms with E-state index in [4.69, 9.17) is 0 Å². The van der Waals surface area contributed by atoms with E-state index in [1.165, 1.54) is 24.0 Å². The van der Waals surface area contributed by atoms with Crippen molar-refractivity contribution in [1.29, 1.82) is 0 Å². The monoisotopic (exact) mass is 276 g/mol. The van der Waals surface area contributed by atoms with E-state index >= 15 is 0 Å². The molecular weight excluding hydrogens is 256 g/mol. The van der Waals surface area contributed by atoms with Crippen LogP contribution in [-0.4, -0.2) is 35.6 Å². The van der Waals surface area contributed by atoms with Crippen molar-refractivity contribution in [3.63, 3.8) is 0 Å². The van der Waals surface area contributed by atoms with Gasteiger partial charge in [-0.15, -0.1) is 11.3 Å². The zero-order valence-corrected chi connectivity index (χ0v) is 12.1. The van der Waals surface area contributed by atoms with Crippen LogP contribution in [0, 0.1) is 0 Å². The van der Waals surface area contributed by atoms with Crippen LogP contribution in [0.25, 0.3) is 10.2 Å². The predicted octanol–water partition coefficient (Wildman–Crippen LogP) is 2.66. The Morgan fingerprint density at radius 3 is 3.32 bits per heavy atom. The van der Waals surface area contributed by atoms with Gasteiger partial charge in [0, 0.05) is 19.1 Å². The molecule has 1 atom stereocenters. The molecule has 19 heavy (non-hydrogen) atoms. The fraction of sp³-hybridized carbons (Fsp3) is 0.571. The Morgan fingerprint density at radius 2 is 2.42 bits per heavy atom. The summed E-state index contributed by atoms with van der Waals surface area (Å²) in [6.07, 6.45) is 5.40. The van der Waals surface area contributed by atoms with Crippen LogP contribution in [-0.2, 0) is 0 Å². The van der Waals surface area contributed by atoms with Crippen molar-refractivity contribution in [3.05, 3.63) is 17.8 Å². The lowest BCUT2D eigenvalue weighted by molar-refractivity contribution is 0.569. The van der Waals surface area contributed by atoms with Crippen molar-refractivity contribution >= 4 is 27.4 Å². The van der Waals surface area contributed by atoms with Gasteiger partial charge in [-0.3, -0.25) is 0 Å². The highest BCUT2D eigenvalue weighted by Crippen LogP contribution is 2.32. The fourth-order valence-electron chi connectivity index (χ4n) is 2.75. The van der Waals surface area contributed by atoms with Crippen LogP contribution in [0.1, 0.15) is 26.2 Å². The average Bonchev–Trinajstić information content (AvgIpc) is 3.07. The quantitative estimate of drug-likeness (QED) is 0.852. The largest absolute Gasteiger partial charge is 0.351 e. The summed E-state index contributed by atoms with van der Waals surface area (Å²) < 4.78 is 1.23. The second kappa shape index (κ2) is 5.84. The molecular formula is C14H20N4S. The maximum Gasteiger partial charge on any atom is 0.150 e. The van der Waals surface area contributed by atoms with Crippen LogP contribution in [0.15, 0.2) is 17.8 Å². The molecule has 3 rings (SSSR count). The molecule has 0 spiro atoms. The fourth-order valence-corrected chi connectivity index (χ4v) is 3.60. The van der Waals surface area contributed by atoms with Gasteiger partial charge in [0.25, 0.3) is 0 Å². The molecule has 1 saturated heterocycles. The van der Waals surface area contributed by atoms with Crippen LogP contribution in [0.4, 0.5) is 5.82 Å². The third-order valence-corrected chi connectivity index (χ3v) is 4.58. The molecule has 2 aromatic rings. The molecule has 4 nitrogen and oxygen atoms in total. The minimum Gasteiger partial charge on any atom is -0.351 e. The molecule has 1 aliphatic rings. The van der Waals surface area contributed by atoms with Gasteiger partial charge >= 0.3 is 0 Å². The van der Waals surface area contributed by atoms with Gasteiger partial charge in [0.15, 0.2) is 0 Å². The Balaban J connectivity index is 1.81. The second-order valence-corrected chi connectivity index (χ2v) is 5.94. The van der Waals surface area contributed by atoms with Crippen molar-refractivity contribution in [1.82, 2.24) is 15.3 Å². The molecule has 1 N–H and O–H groups in total. The summed E-state index contributed by atoms with van der Waals surface area (Å²) in [6, 6.07) is 2.65. The molecule has 0 aromatic carbocycles. The number of fused-ring (bicyclic) bond motifs is 1. The topological polar surface area (TPSA) is 41.0 Å². The van der Waals surface area contributed by atoms with Gasteiger partial charge in [-0.2, -0.15) is 0 Å². The standard InChI is InChI=1S/C14H20N4S/c1-2-6-15-9-11-4-3-7-18(11)14-13-12(5-8-19-13)16-10-17-14/h5,8,10-11,15H,2-4,6-7,9H2,1H3. The van der Waals surface area contributed by atoms with Crippen LogP contribution in [0.3, 0.4) is 0 Å². The molecule has 1 fully saturated rings. The first kappa shape index (κ1) is 12.8. The Labute approximate surface area is 117 Å². The smallest absolute Gasteiger partial charge is 0.150 e. The normalized spacial score (nSPS) is 19.4. The van der Waals surface area contributed by atoms with Crippen molar-refractivity contribution in [2.45, 2.75) is 32.2 Å². The van der Waals surface area contributed by atoms with E-state index in [1.807, 2.05) is 0 Å². The third kappa shape index (κ3) is 2.58. The van der Waals surface area contributed by atoms with E-state index in [0.717, 1.165) is 31.0 Å². The van der Waals surface area contributed by atoms with Gasteiger partial charge in [-0.1, -0.05) is 6.92 Å². The second-order valence-electron chi connectivity index (χ2n) is 5.03. The van der Waals surface area contributed by atoms with Gasteiger partial charge in [0.1, 0.15) is 12.1 Å². The molecule has 3 heterocycles. The number of aromatic nitrogens is 2. The van der Waals surface area contributed by atoms with E-state index in [1.54, 1.807) is 17.7 Å². The number of anilines is 1. The highest BCUT2D eigenvalue weighted by Gasteiger charge is 2.26. The van der Waals surface area contributed by atoms with Gasteiger partial charge in [0.05, 0.1) is 10.2 Å². The van der Waals surface area contributed by atoms with Gasteiger partial charge < -0.3 is 10.2 Å². The Kier molecular flexibility index (Phi) is 3.94. The first-order chi connectivity index (χ1) is 9.40. The summed E-state index contributed by atoms with van der Waals surface area (Å²) in [7, 11) is 0. The number of rotatable bonds is 5. The first-order valence-electron chi connectivity index (χ1n) is 7.05. The van der Waals surface area contributed by atoms with Crippen LogP contribution >= 0.6 is 11.3 Å². The Morgan fingerprint density at radius 1 is 1.47 bits per heavy atom. The van der Waals surface area contributed by atoms with Crippen LogP contribution < -0.4 is 10.2 Å². The van der Waals surface area contributed by atoms with E-state index in [9.17, 15) is 0 Å². The highest BCUT2D eigenvalue weighted by atomic mass is 32.1. The zero-order valence-electron chi connectivity index (χ0n) is 11.3. The lowest BCUT2D eigenvalue weighted by Crippen LogP contribution is -2.38. The van der Waals surface area contributed by atoms with Gasteiger partial charge in [0.2, 0.25) is 0 Å². The van der Waals surface area contributed by atoms with Crippen molar-refractivity contribution in [2.75, 3.05) is 24.5 Å². The predicted molar refractivity (Wildman–Crippen MR) is 80.9 cm³/mol. The lowest BCUT2D eigenvalue weighted by Gasteiger charge is -2.26.